The SMILES string of the molecule is Clc1nccc(Br)c1Br. The van der Waals surface area contributed by atoms with Gasteiger partial charge in [0, 0.05) is 10.7 Å². The van der Waals surface area contributed by atoms with Crippen molar-refractivity contribution in [2.75, 3.05) is 0 Å². The number of pyridine rings is 1. The monoisotopic (exact) mass is 269 g/mol. The number of rotatable bonds is 0. The highest BCUT2D eigenvalue weighted by Gasteiger charge is 1.99. The van der Waals surface area contributed by atoms with Crippen LogP contribution in [0.3, 0.4) is 0 Å². The minimum atomic E-state index is 0.476. The van der Waals surface area contributed by atoms with E-state index in [4.69, 9.17) is 11.6 Å². The Hall–Kier alpha value is 0.400. The Balaban J connectivity index is 3.25. The van der Waals surface area contributed by atoms with E-state index in [1.807, 2.05) is 6.07 Å². The molecule has 1 aromatic heterocycles. The summed E-state index contributed by atoms with van der Waals surface area (Å²) < 4.78 is 1.72. The molecular formula is C5H2Br2ClN. The van der Waals surface area contributed by atoms with Gasteiger partial charge in [-0.3, -0.25) is 0 Å². The van der Waals surface area contributed by atoms with Gasteiger partial charge in [-0.1, -0.05) is 11.6 Å². The molecule has 0 fully saturated rings. The molecule has 0 saturated carbocycles. The first kappa shape index (κ1) is 7.51. The van der Waals surface area contributed by atoms with E-state index in [1.54, 1.807) is 6.20 Å². The summed E-state index contributed by atoms with van der Waals surface area (Å²) in [6.45, 7) is 0. The van der Waals surface area contributed by atoms with Crippen molar-refractivity contribution in [3.05, 3.63) is 26.4 Å². The molecule has 48 valence electrons. The first-order valence-electron chi connectivity index (χ1n) is 2.17. The Morgan fingerprint density at radius 1 is 1.44 bits per heavy atom. The highest BCUT2D eigenvalue weighted by molar-refractivity contribution is 9.13. The summed E-state index contributed by atoms with van der Waals surface area (Å²) in [6.07, 6.45) is 1.64. The summed E-state index contributed by atoms with van der Waals surface area (Å²) in [6, 6.07) is 1.82. The second-order valence-corrected chi connectivity index (χ2v) is 3.40. The molecule has 1 nitrogen and oxygen atoms in total. The number of halogens is 3. The molecular weight excluding hydrogens is 269 g/mol. The fourth-order valence-corrected chi connectivity index (χ4v) is 1.21. The van der Waals surface area contributed by atoms with E-state index >= 15 is 0 Å². The molecule has 4 heteroatoms. The number of aromatic nitrogens is 1. The molecule has 0 saturated heterocycles. The molecule has 1 heterocycles. The Morgan fingerprint density at radius 3 is 2.56 bits per heavy atom. The van der Waals surface area contributed by atoms with Crippen molar-refractivity contribution in [3.63, 3.8) is 0 Å². The van der Waals surface area contributed by atoms with E-state index in [2.05, 4.69) is 36.8 Å². The normalized spacial score (nSPS) is 9.67. The Bertz CT molecular complexity index is 206. The fourth-order valence-electron chi connectivity index (χ4n) is 0.397. The van der Waals surface area contributed by atoms with Gasteiger partial charge in [-0.05, 0) is 37.9 Å². The van der Waals surface area contributed by atoms with Gasteiger partial charge in [0.1, 0.15) is 5.15 Å². The summed E-state index contributed by atoms with van der Waals surface area (Å²) in [4.78, 5) is 3.83. The maximum atomic E-state index is 5.63. The van der Waals surface area contributed by atoms with Crippen molar-refractivity contribution < 1.29 is 0 Å². The molecule has 0 aromatic carbocycles. The zero-order chi connectivity index (χ0) is 6.85. The van der Waals surface area contributed by atoms with Gasteiger partial charge in [-0.2, -0.15) is 0 Å². The summed E-state index contributed by atoms with van der Waals surface area (Å²) in [5.74, 6) is 0. The van der Waals surface area contributed by atoms with E-state index in [9.17, 15) is 0 Å². The zero-order valence-electron chi connectivity index (χ0n) is 4.24. The summed E-state index contributed by atoms with van der Waals surface area (Å²) in [5, 5.41) is 0.476. The van der Waals surface area contributed by atoms with Crippen LogP contribution in [0.4, 0.5) is 0 Å². The van der Waals surface area contributed by atoms with Crippen LogP contribution in [0.5, 0.6) is 0 Å². The van der Waals surface area contributed by atoms with Crippen molar-refractivity contribution in [3.8, 4) is 0 Å². The van der Waals surface area contributed by atoms with Crippen LogP contribution in [0.2, 0.25) is 5.15 Å². The largest absolute Gasteiger partial charge is 0.243 e. The van der Waals surface area contributed by atoms with E-state index in [0.29, 0.717) is 5.15 Å². The van der Waals surface area contributed by atoms with Gasteiger partial charge < -0.3 is 0 Å². The molecule has 0 aliphatic rings. The lowest BCUT2D eigenvalue weighted by Gasteiger charge is -1.94. The van der Waals surface area contributed by atoms with Gasteiger partial charge in [-0.15, -0.1) is 0 Å². The Labute approximate surface area is 74.7 Å². The van der Waals surface area contributed by atoms with Crippen molar-refractivity contribution in [2.45, 2.75) is 0 Å². The highest BCUT2D eigenvalue weighted by atomic mass is 79.9. The van der Waals surface area contributed by atoms with Crippen LogP contribution >= 0.6 is 43.5 Å². The van der Waals surface area contributed by atoms with Crippen molar-refractivity contribution in [2.24, 2.45) is 0 Å². The lowest BCUT2D eigenvalue weighted by atomic mass is 10.5. The molecule has 0 amide bonds. The van der Waals surface area contributed by atoms with E-state index in [1.165, 1.54) is 0 Å². The van der Waals surface area contributed by atoms with Gasteiger partial charge in [0.15, 0.2) is 0 Å². The van der Waals surface area contributed by atoms with E-state index < -0.39 is 0 Å². The first-order chi connectivity index (χ1) is 4.22. The second kappa shape index (κ2) is 2.99. The van der Waals surface area contributed by atoms with Crippen LogP contribution in [-0.2, 0) is 0 Å². The average molecular weight is 271 g/mol. The van der Waals surface area contributed by atoms with Crippen LogP contribution in [0.1, 0.15) is 0 Å². The van der Waals surface area contributed by atoms with Gasteiger partial charge >= 0.3 is 0 Å². The molecule has 0 N–H and O–H groups in total. The third-order valence-corrected chi connectivity index (χ3v) is 3.31. The maximum absolute atomic E-state index is 5.63. The molecule has 0 radical (unpaired) electrons. The van der Waals surface area contributed by atoms with Crippen LogP contribution in [0.25, 0.3) is 0 Å². The maximum Gasteiger partial charge on any atom is 0.144 e. The quantitative estimate of drug-likeness (QED) is 0.660. The molecule has 0 aliphatic heterocycles. The first-order valence-corrected chi connectivity index (χ1v) is 4.13. The Kier molecular flexibility index (Phi) is 2.50. The second-order valence-electron chi connectivity index (χ2n) is 1.40. The number of hydrogen-bond acceptors (Lipinski definition) is 1. The molecule has 0 aliphatic carbocycles. The summed E-state index contributed by atoms with van der Waals surface area (Å²) in [5.41, 5.74) is 0. The van der Waals surface area contributed by atoms with E-state index in [-0.39, 0.29) is 0 Å². The van der Waals surface area contributed by atoms with Crippen molar-refractivity contribution >= 4 is 43.5 Å². The predicted octanol–water partition coefficient (Wildman–Crippen LogP) is 3.26. The number of hydrogen-bond donors (Lipinski definition) is 0. The van der Waals surface area contributed by atoms with Gasteiger partial charge in [0.2, 0.25) is 0 Å². The minimum absolute atomic E-state index is 0.476. The van der Waals surface area contributed by atoms with Crippen LogP contribution in [0, 0.1) is 0 Å². The predicted molar refractivity (Wildman–Crippen MR) is 44.6 cm³/mol. The molecule has 0 unspecified atom stereocenters. The molecule has 9 heavy (non-hydrogen) atoms. The van der Waals surface area contributed by atoms with Crippen LogP contribution in [0.15, 0.2) is 21.2 Å². The summed E-state index contributed by atoms with van der Waals surface area (Å²) in [7, 11) is 0. The fraction of sp³-hybridized carbons (Fsp3) is 0. The van der Waals surface area contributed by atoms with Gasteiger partial charge in [0.05, 0.1) is 4.47 Å². The highest BCUT2D eigenvalue weighted by Crippen LogP contribution is 2.27. The standard InChI is InChI=1S/C5H2Br2ClN/c6-3-1-2-9-5(8)4(3)7/h1-2H. The minimum Gasteiger partial charge on any atom is -0.243 e. The number of nitrogens with zero attached hydrogens (tertiary/aromatic N) is 1. The topological polar surface area (TPSA) is 12.9 Å². The molecule has 0 bridgehead atoms. The van der Waals surface area contributed by atoms with Crippen molar-refractivity contribution in [1.29, 1.82) is 0 Å². The Morgan fingerprint density at radius 2 is 2.11 bits per heavy atom. The van der Waals surface area contributed by atoms with Crippen LogP contribution in [-0.4, -0.2) is 4.98 Å². The molecule has 1 aromatic rings. The average Bonchev–Trinajstić information content (AvgIpc) is 1.83. The van der Waals surface area contributed by atoms with Gasteiger partial charge in [0.25, 0.3) is 0 Å². The third-order valence-electron chi connectivity index (χ3n) is 0.800. The zero-order valence-corrected chi connectivity index (χ0v) is 8.16. The van der Waals surface area contributed by atoms with Crippen LogP contribution < -0.4 is 0 Å². The molecule has 0 atom stereocenters. The van der Waals surface area contributed by atoms with Crippen molar-refractivity contribution in [1.82, 2.24) is 4.98 Å². The summed E-state index contributed by atoms with van der Waals surface area (Å²) >= 11 is 12.1. The van der Waals surface area contributed by atoms with E-state index in [0.717, 1.165) is 8.95 Å². The lowest BCUT2D eigenvalue weighted by Crippen LogP contribution is -1.75. The lowest BCUT2D eigenvalue weighted by molar-refractivity contribution is 1.29. The van der Waals surface area contributed by atoms with Gasteiger partial charge in [-0.25, -0.2) is 4.98 Å². The molecule has 1 rings (SSSR count). The smallest absolute Gasteiger partial charge is 0.144 e. The third kappa shape index (κ3) is 1.66. The molecule has 0 spiro atoms.